The summed E-state index contributed by atoms with van der Waals surface area (Å²) in [5.74, 6) is 0.633. The van der Waals surface area contributed by atoms with Gasteiger partial charge in [0, 0.05) is 11.1 Å². The second-order valence-electron chi connectivity index (χ2n) is 5.72. The molecule has 1 N–H and O–H groups in total. The molecule has 0 amide bonds. The molecule has 0 saturated heterocycles. The number of hydrogen-bond acceptors (Lipinski definition) is 4. The number of carbonyl (C=O) groups excluding carboxylic acids is 1. The molecule has 2 aromatic carbocycles. The van der Waals surface area contributed by atoms with Gasteiger partial charge in [-0.2, -0.15) is 0 Å². The zero-order valence-electron chi connectivity index (χ0n) is 14.2. The number of nitrogens with zero attached hydrogens (tertiary/aromatic N) is 1. The van der Waals surface area contributed by atoms with E-state index < -0.39 is 6.10 Å². The van der Waals surface area contributed by atoms with Crippen LogP contribution in [0.5, 0.6) is 5.75 Å². The lowest BCUT2D eigenvalue weighted by atomic mass is 10.0. The zero-order chi connectivity index (χ0) is 17.2. The van der Waals surface area contributed by atoms with Crippen LogP contribution in [0.15, 0.2) is 54.6 Å². The average molecular weight is 315 g/mol. The minimum Gasteiger partial charge on any atom is -0.491 e. The van der Waals surface area contributed by atoms with Crippen LogP contribution in [0.1, 0.15) is 22.8 Å². The van der Waals surface area contributed by atoms with Gasteiger partial charge < -0.3 is 14.7 Å². The third-order valence-electron chi connectivity index (χ3n) is 2.64. The van der Waals surface area contributed by atoms with E-state index in [1.54, 1.807) is 43.3 Å². The Hall–Kier alpha value is -2.17. The second-order valence-corrected chi connectivity index (χ2v) is 5.72. The normalized spacial score (nSPS) is 11.4. The Balaban J connectivity index is 0.000000593. The van der Waals surface area contributed by atoms with Crippen LogP contribution in [0.4, 0.5) is 0 Å². The van der Waals surface area contributed by atoms with Gasteiger partial charge in [0.25, 0.3) is 0 Å². The quantitative estimate of drug-likeness (QED) is 0.862. The summed E-state index contributed by atoms with van der Waals surface area (Å²) in [6.45, 7) is 1.90. The molecule has 1 atom stereocenters. The molecule has 0 fully saturated rings. The van der Waals surface area contributed by atoms with Crippen LogP contribution in [-0.4, -0.2) is 49.6 Å². The molecule has 124 valence electrons. The first-order chi connectivity index (χ1) is 10.9. The number of rotatable bonds is 5. The Bertz CT molecular complexity index is 575. The van der Waals surface area contributed by atoms with Crippen molar-refractivity contribution < 1.29 is 14.6 Å². The highest BCUT2D eigenvalue weighted by Gasteiger charge is 2.08. The van der Waals surface area contributed by atoms with Crippen molar-refractivity contribution in [1.82, 2.24) is 4.90 Å². The fourth-order valence-corrected chi connectivity index (χ4v) is 1.68. The molecule has 4 heteroatoms. The van der Waals surface area contributed by atoms with E-state index in [9.17, 15) is 4.79 Å². The lowest BCUT2D eigenvalue weighted by molar-refractivity contribution is 0.103. The molecule has 0 aliphatic rings. The number of aliphatic hydroxyl groups excluding tert-OH is 1. The summed E-state index contributed by atoms with van der Waals surface area (Å²) >= 11 is 0. The first-order valence-electron chi connectivity index (χ1n) is 7.51. The highest BCUT2D eigenvalue weighted by Crippen LogP contribution is 2.15. The summed E-state index contributed by atoms with van der Waals surface area (Å²) in [6.07, 6.45) is -0.509. The summed E-state index contributed by atoms with van der Waals surface area (Å²) in [5, 5.41) is 9.13. The molecule has 4 nitrogen and oxygen atoms in total. The Morgan fingerprint density at radius 2 is 1.48 bits per heavy atom. The van der Waals surface area contributed by atoms with Crippen LogP contribution in [0, 0.1) is 0 Å². The van der Waals surface area contributed by atoms with E-state index in [4.69, 9.17) is 9.84 Å². The van der Waals surface area contributed by atoms with Gasteiger partial charge in [-0.3, -0.25) is 4.79 Å². The average Bonchev–Trinajstić information content (AvgIpc) is 2.53. The van der Waals surface area contributed by atoms with Crippen molar-refractivity contribution in [3.8, 4) is 5.75 Å². The number of aliphatic hydroxyl groups is 1. The Morgan fingerprint density at radius 1 is 1.00 bits per heavy atom. The minimum absolute atomic E-state index is 0.0114. The number of ether oxygens (including phenoxy) is 1. The maximum absolute atomic E-state index is 12.1. The predicted octanol–water partition coefficient (Wildman–Crippen LogP) is 2.86. The first kappa shape index (κ1) is 18.9. The molecular formula is C19H25NO3. The maximum atomic E-state index is 12.1. The van der Waals surface area contributed by atoms with Gasteiger partial charge in [0.1, 0.15) is 12.4 Å². The molecule has 0 saturated carbocycles. The fourth-order valence-electron chi connectivity index (χ4n) is 1.68. The highest BCUT2D eigenvalue weighted by atomic mass is 16.5. The molecular weight excluding hydrogens is 290 g/mol. The standard InChI is InChI=1S/C16H16O3.C3H9N/c1-12(17)11-19-15-9-7-14(8-10-15)16(18)13-5-3-2-4-6-13;1-4(2)3/h2-10,12,17H,11H2,1H3;1-3H3. The molecule has 0 bridgehead atoms. The number of ketones is 1. The molecule has 0 aromatic heterocycles. The highest BCUT2D eigenvalue weighted by molar-refractivity contribution is 6.08. The zero-order valence-corrected chi connectivity index (χ0v) is 14.2. The van der Waals surface area contributed by atoms with Crippen LogP contribution in [0.3, 0.4) is 0 Å². The van der Waals surface area contributed by atoms with Crippen molar-refractivity contribution in [3.63, 3.8) is 0 Å². The number of benzene rings is 2. The van der Waals surface area contributed by atoms with Crippen LogP contribution in [-0.2, 0) is 0 Å². The molecule has 0 aliphatic heterocycles. The van der Waals surface area contributed by atoms with E-state index in [1.165, 1.54) is 0 Å². The lowest BCUT2D eigenvalue weighted by Gasteiger charge is -2.08. The molecule has 2 rings (SSSR count). The van der Waals surface area contributed by atoms with Gasteiger partial charge >= 0.3 is 0 Å². The Morgan fingerprint density at radius 3 is 1.96 bits per heavy atom. The molecule has 0 heterocycles. The van der Waals surface area contributed by atoms with Crippen LogP contribution < -0.4 is 4.74 Å². The number of carbonyl (C=O) groups is 1. The summed E-state index contributed by atoms with van der Waals surface area (Å²) in [7, 11) is 6.00. The van der Waals surface area contributed by atoms with E-state index in [1.807, 2.05) is 44.2 Å². The molecule has 1 unspecified atom stereocenters. The molecule has 23 heavy (non-hydrogen) atoms. The first-order valence-corrected chi connectivity index (χ1v) is 7.51. The maximum Gasteiger partial charge on any atom is 0.193 e. The van der Waals surface area contributed by atoms with Crippen LogP contribution in [0.2, 0.25) is 0 Å². The Kier molecular flexibility index (Phi) is 8.02. The van der Waals surface area contributed by atoms with Gasteiger partial charge in [-0.25, -0.2) is 0 Å². The largest absolute Gasteiger partial charge is 0.491 e. The number of hydrogen-bond donors (Lipinski definition) is 1. The summed E-state index contributed by atoms with van der Waals surface area (Å²) < 4.78 is 5.35. The monoisotopic (exact) mass is 315 g/mol. The van der Waals surface area contributed by atoms with Crippen molar-refractivity contribution in [2.24, 2.45) is 0 Å². The minimum atomic E-state index is -0.509. The van der Waals surface area contributed by atoms with E-state index in [2.05, 4.69) is 0 Å². The SMILES string of the molecule is CC(O)COc1ccc(C(=O)c2ccccc2)cc1.CN(C)C. The van der Waals surface area contributed by atoms with E-state index in [0.717, 1.165) is 0 Å². The van der Waals surface area contributed by atoms with Gasteiger partial charge in [-0.1, -0.05) is 30.3 Å². The van der Waals surface area contributed by atoms with Gasteiger partial charge in [0.15, 0.2) is 5.78 Å². The topological polar surface area (TPSA) is 49.8 Å². The summed E-state index contributed by atoms with van der Waals surface area (Å²) in [4.78, 5) is 14.1. The van der Waals surface area contributed by atoms with Gasteiger partial charge in [0.2, 0.25) is 0 Å². The van der Waals surface area contributed by atoms with Crippen LogP contribution in [0.25, 0.3) is 0 Å². The van der Waals surface area contributed by atoms with Crippen molar-refractivity contribution in [2.75, 3.05) is 27.7 Å². The van der Waals surface area contributed by atoms with Gasteiger partial charge in [0.05, 0.1) is 6.10 Å². The smallest absolute Gasteiger partial charge is 0.193 e. The van der Waals surface area contributed by atoms with Gasteiger partial charge in [-0.15, -0.1) is 0 Å². The third-order valence-corrected chi connectivity index (χ3v) is 2.64. The molecule has 2 aromatic rings. The van der Waals surface area contributed by atoms with Crippen molar-refractivity contribution in [3.05, 3.63) is 65.7 Å². The van der Waals surface area contributed by atoms with Crippen molar-refractivity contribution in [1.29, 1.82) is 0 Å². The Labute approximate surface area is 138 Å². The predicted molar refractivity (Wildman–Crippen MR) is 93.1 cm³/mol. The molecule has 0 spiro atoms. The lowest BCUT2D eigenvalue weighted by Crippen LogP contribution is -2.12. The van der Waals surface area contributed by atoms with Crippen molar-refractivity contribution in [2.45, 2.75) is 13.0 Å². The molecule has 0 aliphatic carbocycles. The summed E-state index contributed by atoms with van der Waals surface area (Å²) in [6, 6.07) is 16.1. The third kappa shape index (κ3) is 7.58. The second kappa shape index (κ2) is 9.77. The van der Waals surface area contributed by atoms with Crippen molar-refractivity contribution >= 4 is 5.78 Å². The van der Waals surface area contributed by atoms with E-state index in [-0.39, 0.29) is 12.4 Å². The fraction of sp³-hybridized carbons (Fsp3) is 0.316. The summed E-state index contributed by atoms with van der Waals surface area (Å²) in [5.41, 5.74) is 1.29. The molecule has 0 radical (unpaired) electrons. The van der Waals surface area contributed by atoms with E-state index in [0.29, 0.717) is 16.9 Å². The van der Waals surface area contributed by atoms with E-state index >= 15 is 0 Å². The van der Waals surface area contributed by atoms with Gasteiger partial charge in [-0.05, 0) is 52.3 Å². The van der Waals surface area contributed by atoms with Crippen LogP contribution >= 0.6 is 0 Å².